The zero-order valence-corrected chi connectivity index (χ0v) is 9.87. The van der Waals surface area contributed by atoms with E-state index in [1.165, 1.54) is 11.1 Å². The monoisotopic (exact) mass is 236 g/mol. The Morgan fingerprint density at radius 2 is 2.06 bits per heavy atom. The summed E-state index contributed by atoms with van der Waals surface area (Å²) in [5.41, 5.74) is 0.201. The number of phenols is 1. The number of phenolic OH excluding ortho intramolecular Hbond substituents is 1. The molecule has 2 atom stereocenters. The molecule has 17 heavy (non-hydrogen) atoms. The molecule has 1 amide bonds. The molecule has 1 aromatic rings. The highest BCUT2D eigenvalue weighted by Crippen LogP contribution is 2.26. The van der Waals surface area contributed by atoms with Gasteiger partial charge in [0.2, 0.25) is 0 Å². The van der Waals surface area contributed by atoms with Gasteiger partial charge >= 0.3 is 0 Å². The van der Waals surface area contributed by atoms with Crippen molar-refractivity contribution in [3.8, 4) is 5.75 Å². The van der Waals surface area contributed by atoms with E-state index in [9.17, 15) is 15.0 Å². The van der Waals surface area contributed by atoms with Crippen LogP contribution in [0.1, 0.15) is 23.7 Å². The highest BCUT2D eigenvalue weighted by atomic mass is 16.3. The topological polar surface area (TPSA) is 64.0 Å². The van der Waals surface area contributed by atoms with Crippen LogP contribution in [0.5, 0.6) is 5.75 Å². The van der Waals surface area contributed by atoms with E-state index in [2.05, 4.69) is 0 Å². The van der Waals surface area contributed by atoms with E-state index in [1.807, 2.05) is 6.92 Å². The minimum absolute atomic E-state index is 0.0716. The lowest BCUT2D eigenvalue weighted by molar-refractivity contribution is -0.0503. The average Bonchev–Trinajstić information content (AvgIpc) is 2.53. The molecule has 92 valence electrons. The van der Waals surface area contributed by atoms with Crippen LogP contribution in [-0.4, -0.2) is 45.5 Å². The second kappa shape index (κ2) is 4.35. The summed E-state index contributed by atoms with van der Waals surface area (Å²) in [7, 11) is 1.75. The zero-order valence-electron chi connectivity index (χ0n) is 9.87. The molecule has 0 unspecified atom stereocenters. The minimum atomic E-state index is -0.831. The van der Waals surface area contributed by atoms with Gasteiger partial charge in [-0.25, -0.2) is 10.0 Å². The van der Waals surface area contributed by atoms with Gasteiger partial charge in [-0.1, -0.05) is 12.1 Å². The van der Waals surface area contributed by atoms with Crippen molar-refractivity contribution in [3.05, 3.63) is 29.8 Å². The average molecular weight is 236 g/mol. The van der Waals surface area contributed by atoms with Gasteiger partial charge in [-0.15, -0.1) is 0 Å². The fourth-order valence-electron chi connectivity index (χ4n) is 2.04. The number of nitrogens with zero attached hydrogens (tertiary/aromatic N) is 2. The molecule has 0 spiro atoms. The van der Waals surface area contributed by atoms with Crippen molar-refractivity contribution < 1.29 is 15.0 Å². The van der Waals surface area contributed by atoms with Crippen molar-refractivity contribution in [2.45, 2.75) is 25.6 Å². The number of hydrogen-bond acceptors (Lipinski definition) is 4. The Morgan fingerprint density at radius 3 is 2.59 bits per heavy atom. The van der Waals surface area contributed by atoms with Crippen LogP contribution in [0.2, 0.25) is 0 Å². The van der Waals surface area contributed by atoms with Crippen LogP contribution in [0, 0.1) is 0 Å². The number of benzene rings is 1. The van der Waals surface area contributed by atoms with Crippen molar-refractivity contribution in [2.24, 2.45) is 0 Å². The summed E-state index contributed by atoms with van der Waals surface area (Å²) >= 11 is 0. The molecule has 1 heterocycles. The fraction of sp³-hybridized carbons (Fsp3) is 0.417. The minimum Gasteiger partial charge on any atom is -0.507 e. The summed E-state index contributed by atoms with van der Waals surface area (Å²) in [5.74, 6) is -0.458. The largest absolute Gasteiger partial charge is 0.507 e. The standard InChI is InChI=1S/C12H16N2O3/c1-8-7-11(16)14(13(8)2)12(17)9-5-3-4-6-10(9)15/h3-6,8,11,15-16H,7H2,1-2H3/t8-,11-/m1/s1. The second-order valence-electron chi connectivity index (χ2n) is 4.31. The number of amides is 1. The third kappa shape index (κ3) is 1.99. The van der Waals surface area contributed by atoms with Crippen LogP contribution < -0.4 is 0 Å². The molecule has 2 N–H and O–H groups in total. The van der Waals surface area contributed by atoms with Crippen molar-refractivity contribution in [1.82, 2.24) is 10.0 Å². The summed E-state index contributed by atoms with van der Waals surface area (Å²) in [6.07, 6.45) is -0.322. The Hall–Kier alpha value is -1.59. The number of rotatable bonds is 1. The maximum Gasteiger partial charge on any atom is 0.274 e. The SMILES string of the molecule is C[C@@H]1C[C@@H](O)N(C(=O)c2ccccc2O)N1C. The van der Waals surface area contributed by atoms with E-state index in [0.29, 0.717) is 6.42 Å². The van der Waals surface area contributed by atoms with Gasteiger partial charge in [-0.05, 0) is 19.1 Å². The number of hydrazine groups is 1. The number of carbonyl (C=O) groups excluding carboxylic acids is 1. The number of aliphatic hydroxyl groups is 1. The van der Waals surface area contributed by atoms with Crippen LogP contribution in [0.15, 0.2) is 24.3 Å². The van der Waals surface area contributed by atoms with Gasteiger partial charge in [0, 0.05) is 19.5 Å². The van der Waals surface area contributed by atoms with Gasteiger partial charge in [0.05, 0.1) is 5.56 Å². The van der Waals surface area contributed by atoms with Gasteiger partial charge in [0.1, 0.15) is 12.0 Å². The third-order valence-electron chi connectivity index (χ3n) is 3.15. The van der Waals surface area contributed by atoms with Crippen LogP contribution in [0.25, 0.3) is 0 Å². The van der Waals surface area contributed by atoms with Crippen molar-refractivity contribution in [3.63, 3.8) is 0 Å². The van der Waals surface area contributed by atoms with Gasteiger partial charge in [-0.3, -0.25) is 4.79 Å². The molecule has 1 aliphatic rings. The van der Waals surface area contributed by atoms with E-state index in [-0.39, 0.29) is 23.3 Å². The Labute approximate surface area is 99.9 Å². The smallest absolute Gasteiger partial charge is 0.274 e. The molecular formula is C12H16N2O3. The molecule has 0 saturated carbocycles. The molecule has 1 fully saturated rings. The molecule has 0 radical (unpaired) electrons. The lowest BCUT2D eigenvalue weighted by atomic mass is 10.2. The normalized spacial score (nSPS) is 25.2. The lowest BCUT2D eigenvalue weighted by Crippen LogP contribution is -2.44. The fourth-order valence-corrected chi connectivity index (χ4v) is 2.04. The van der Waals surface area contributed by atoms with Crippen LogP contribution in [-0.2, 0) is 0 Å². The van der Waals surface area contributed by atoms with E-state index >= 15 is 0 Å². The van der Waals surface area contributed by atoms with Gasteiger partial charge in [0.25, 0.3) is 5.91 Å². The molecule has 0 bridgehead atoms. The van der Waals surface area contributed by atoms with E-state index in [0.717, 1.165) is 0 Å². The molecule has 1 aromatic carbocycles. The van der Waals surface area contributed by atoms with Gasteiger partial charge in [-0.2, -0.15) is 0 Å². The second-order valence-corrected chi connectivity index (χ2v) is 4.31. The molecule has 1 aliphatic heterocycles. The number of hydrogen-bond donors (Lipinski definition) is 2. The highest BCUT2D eigenvalue weighted by molar-refractivity contribution is 5.96. The molecule has 2 rings (SSSR count). The number of aliphatic hydroxyl groups excluding tert-OH is 1. The summed E-state index contributed by atoms with van der Waals surface area (Å²) in [4.78, 5) is 12.2. The maximum absolute atomic E-state index is 12.2. The highest BCUT2D eigenvalue weighted by Gasteiger charge is 2.37. The molecule has 5 nitrogen and oxygen atoms in total. The van der Waals surface area contributed by atoms with Crippen molar-refractivity contribution in [2.75, 3.05) is 7.05 Å². The Bertz CT molecular complexity index is 436. The molecule has 0 aromatic heterocycles. The molecule has 0 aliphatic carbocycles. The number of aromatic hydroxyl groups is 1. The summed E-state index contributed by atoms with van der Waals surface area (Å²) < 4.78 is 0. The molecule has 5 heteroatoms. The van der Waals surface area contributed by atoms with E-state index < -0.39 is 6.23 Å². The first-order valence-corrected chi connectivity index (χ1v) is 5.54. The molecule has 1 saturated heterocycles. The predicted octanol–water partition coefficient (Wildman–Crippen LogP) is 0.792. The summed E-state index contributed by atoms with van der Waals surface area (Å²) in [5, 5.41) is 22.4. The third-order valence-corrected chi connectivity index (χ3v) is 3.15. The van der Waals surface area contributed by atoms with Crippen LogP contribution in [0.3, 0.4) is 0 Å². The van der Waals surface area contributed by atoms with E-state index in [1.54, 1.807) is 30.3 Å². The Balaban J connectivity index is 2.30. The Kier molecular flexibility index (Phi) is 3.04. The first-order chi connectivity index (χ1) is 8.02. The van der Waals surface area contributed by atoms with Gasteiger partial charge < -0.3 is 10.2 Å². The first kappa shape index (κ1) is 11.9. The zero-order chi connectivity index (χ0) is 12.6. The maximum atomic E-state index is 12.2. The first-order valence-electron chi connectivity index (χ1n) is 5.54. The van der Waals surface area contributed by atoms with Gasteiger partial charge in [0.15, 0.2) is 0 Å². The molecular weight excluding hydrogens is 220 g/mol. The summed E-state index contributed by atoms with van der Waals surface area (Å²) in [6.45, 7) is 1.93. The Morgan fingerprint density at radius 1 is 1.41 bits per heavy atom. The van der Waals surface area contributed by atoms with Crippen molar-refractivity contribution >= 4 is 5.91 Å². The predicted molar refractivity (Wildman–Crippen MR) is 62.1 cm³/mol. The summed E-state index contributed by atoms with van der Waals surface area (Å²) in [6, 6.07) is 6.43. The van der Waals surface area contributed by atoms with Crippen LogP contribution in [0.4, 0.5) is 0 Å². The van der Waals surface area contributed by atoms with E-state index in [4.69, 9.17) is 0 Å². The lowest BCUT2D eigenvalue weighted by Gasteiger charge is -2.28. The van der Waals surface area contributed by atoms with Crippen LogP contribution >= 0.6 is 0 Å². The number of para-hydroxylation sites is 1. The van der Waals surface area contributed by atoms with Crippen molar-refractivity contribution in [1.29, 1.82) is 0 Å². The quantitative estimate of drug-likeness (QED) is 0.756. The number of carbonyl (C=O) groups is 1.